The molecule has 2 N–H and O–H groups in total. The van der Waals surface area contributed by atoms with Gasteiger partial charge < -0.3 is 20.2 Å². The Morgan fingerprint density at radius 2 is 1.97 bits per heavy atom. The number of nitrogens with zero attached hydrogens (tertiary/aromatic N) is 4. The summed E-state index contributed by atoms with van der Waals surface area (Å²) in [6.07, 6.45) is 3.82. The van der Waals surface area contributed by atoms with Crippen molar-refractivity contribution in [2.24, 2.45) is 0 Å². The van der Waals surface area contributed by atoms with E-state index in [9.17, 15) is 4.79 Å². The average Bonchev–Trinajstić information content (AvgIpc) is 3.18. The van der Waals surface area contributed by atoms with Crippen LogP contribution in [0.3, 0.4) is 0 Å². The van der Waals surface area contributed by atoms with Gasteiger partial charge in [-0.2, -0.15) is 0 Å². The van der Waals surface area contributed by atoms with E-state index < -0.39 is 0 Å². The molecule has 0 spiro atoms. The summed E-state index contributed by atoms with van der Waals surface area (Å²) in [5.41, 5.74) is 3.40. The lowest BCUT2D eigenvalue weighted by Crippen LogP contribution is -2.51. The average molecular weight is 444 g/mol. The van der Waals surface area contributed by atoms with Gasteiger partial charge in [-0.05, 0) is 36.5 Å². The summed E-state index contributed by atoms with van der Waals surface area (Å²) >= 11 is 6.04. The third kappa shape index (κ3) is 4.84. The number of hydrogen-bond acceptors (Lipinski definition) is 6. The molecule has 1 amide bonds. The second kappa shape index (κ2) is 9.94. The van der Waals surface area contributed by atoms with E-state index >= 15 is 0 Å². The lowest BCUT2D eigenvalue weighted by atomic mass is 9.97. The zero-order chi connectivity index (χ0) is 21.8. The first-order valence-corrected chi connectivity index (χ1v) is 11.4. The van der Waals surface area contributed by atoms with Crippen LogP contribution in [-0.2, 0) is 11.2 Å². The van der Waals surface area contributed by atoms with Gasteiger partial charge in [0, 0.05) is 55.5 Å². The van der Waals surface area contributed by atoms with Crippen LogP contribution < -0.4 is 10.2 Å². The van der Waals surface area contributed by atoms with Gasteiger partial charge in [-0.15, -0.1) is 0 Å². The van der Waals surface area contributed by atoms with Crippen molar-refractivity contribution in [2.75, 3.05) is 50.8 Å². The molecule has 2 atom stereocenters. The minimum absolute atomic E-state index is 0.0435. The number of aliphatic hydroxyl groups is 1. The molecule has 4 rings (SSSR count). The monoisotopic (exact) mass is 443 g/mol. The van der Waals surface area contributed by atoms with Gasteiger partial charge in [0.05, 0.1) is 12.5 Å². The Kier molecular flexibility index (Phi) is 7.05. The lowest BCUT2D eigenvalue weighted by molar-refractivity contribution is -0.133. The highest BCUT2D eigenvalue weighted by molar-refractivity contribution is 6.30. The van der Waals surface area contributed by atoms with Crippen LogP contribution in [0.2, 0.25) is 5.02 Å². The molecule has 1 aromatic heterocycles. The smallest absolute Gasteiger partial charge is 0.231 e. The van der Waals surface area contributed by atoms with Gasteiger partial charge >= 0.3 is 0 Å². The number of fused-ring (bicyclic) bond motifs is 1. The molecule has 2 aromatic rings. The Labute approximate surface area is 188 Å². The van der Waals surface area contributed by atoms with Crippen LogP contribution in [0, 0.1) is 0 Å². The Balaban J connectivity index is 1.45. The van der Waals surface area contributed by atoms with Crippen LogP contribution in [0.25, 0.3) is 0 Å². The van der Waals surface area contributed by atoms with Gasteiger partial charge in [-0.25, -0.2) is 9.97 Å². The molecular weight excluding hydrogens is 414 g/mol. The molecule has 8 heteroatoms. The molecule has 0 bridgehead atoms. The maximum atomic E-state index is 13.4. The molecule has 1 fully saturated rings. The molecular formula is C23H30ClN5O2. The van der Waals surface area contributed by atoms with E-state index in [1.54, 1.807) is 6.33 Å². The van der Waals surface area contributed by atoms with Gasteiger partial charge in [-0.3, -0.25) is 4.79 Å². The maximum Gasteiger partial charge on any atom is 0.231 e. The predicted octanol–water partition coefficient (Wildman–Crippen LogP) is 2.19. The first kappa shape index (κ1) is 22.0. The first-order valence-electron chi connectivity index (χ1n) is 11.0. The van der Waals surface area contributed by atoms with Crippen LogP contribution >= 0.6 is 11.6 Å². The van der Waals surface area contributed by atoms with E-state index in [1.165, 1.54) is 11.3 Å². The van der Waals surface area contributed by atoms with E-state index in [4.69, 9.17) is 16.7 Å². The number of aryl methyl sites for hydroxylation is 1. The van der Waals surface area contributed by atoms with Crippen molar-refractivity contribution in [3.8, 4) is 0 Å². The highest BCUT2D eigenvalue weighted by Crippen LogP contribution is 2.37. The molecule has 166 valence electrons. The molecule has 0 radical (unpaired) electrons. The number of hydrogen-bond donors (Lipinski definition) is 2. The van der Waals surface area contributed by atoms with Crippen LogP contribution in [0.1, 0.15) is 42.0 Å². The van der Waals surface area contributed by atoms with Crippen LogP contribution in [-0.4, -0.2) is 71.8 Å². The van der Waals surface area contributed by atoms with Crippen molar-refractivity contribution in [3.05, 3.63) is 52.4 Å². The second-order valence-corrected chi connectivity index (χ2v) is 8.78. The number of nitrogens with one attached hydrogen (secondary N) is 1. The fourth-order valence-electron chi connectivity index (χ4n) is 4.60. The van der Waals surface area contributed by atoms with E-state index in [1.807, 2.05) is 29.2 Å². The van der Waals surface area contributed by atoms with Crippen LogP contribution in [0.4, 0.5) is 5.82 Å². The normalized spacial score (nSPS) is 19.4. The molecule has 1 aliphatic carbocycles. The number of aromatic nitrogens is 2. The Morgan fingerprint density at radius 3 is 2.68 bits per heavy atom. The first-order chi connectivity index (χ1) is 15.1. The van der Waals surface area contributed by atoms with Gasteiger partial charge in [0.25, 0.3) is 0 Å². The molecule has 7 nitrogen and oxygen atoms in total. The number of amides is 1. The minimum atomic E-state index is -0.307. The zero-order valence-electron chi connectivity index (χ0n) is 17.9. The van der Waals surface area contributed by atoms with Crippen molar-refractivity contribution in [1.82, 2.24) is 20.2 Å². The molecule has 1 unspecified atom stereocenters. The molecule has 31 heavy (non-hydrogen) atoms. The van der Waals surface area contributed by atoms with Crippen LogP contribution in [0.5, 0.6) is 0 Å². The summed E-state index contributed by atoms with van der Waals surface area (Å²) in [7, 11) is 0. The van der Waals surface area contributed by atoms with E-state index in [2.05, 4.69) is 27.1 Å². The standard InChI is InChI=1S/C23H30ClN5O2/c1-16-2-7-20-21(16)22(27-15-26-20)28-9-11-29(12-10-28)23(31)19(14-25-8-13-30)17-3-5-18(24)6-4-17/h3-6,15-16,19,25,30H,2,7-14H2,1H3/t16-,19?/m1/s1. The SMILES string of the molecule is C[C@@H]1CCc2ncnc(N3CCN(C(=O)C(CNCCO)c4ccc(Cl)cc4)CC3)c21. The predicted molar refractivity (Wildman–Crippen MR) is 122 cm³/mol. The van der Waals surface area contributed by atoms with Gasteiger partial charge in [0.1, 0.15) is 12.1 Å². The summed E-state index contributed by atoms with van der Waals surface area (Å²) in [6, 6.07) is 7.46. The topological polar surface area (TPSA) is 81.6 Å². The zero-order valence-corrected chi connectivity index (χ0v) is 18.7. The van der Waals surface area contributed by atoms with Crippen LogP contribution in [0.15, 0.2) is 30.6 Å². The Morgan fingerprint density at radius 1 is 1.23 bits per heavy atom. The third-order valence-electron chi connectivity index (χ3n) is 6.35. The summed E-state index contributed by atoms with van der Waals surface area (Å²) in [5.74, 6) is 1.33. The molecule has 2 heterocycles. The van der Waals surface area contributed by atoms with Crippen molar-refractivity contribution < 1.29 is 9.90 Å². The van der Waals surface area contributed by atoms with Crippen molar-refractivity contribution in [3.63, 3.8) is 0 Å². The summed E-state index contributed by atoms with van der Waals surface area (Å²) < 4.78 is 0. The Bertz CT molecular complexity index is 899. The number of carbonyl (C=O) groups is 1. The number of carbonyl (C=O) groups excluding carboxylic acids is 1. The largest absolute Gasteiger partial charge is 0.395 e. The maximum absolute atomic E-state index is 13.4. The number of anilines is 1. The van der Waals surface area contributed by atoms with Crippen molar-refractivity contribution in [2.45, 2.75) is 31.6 Å². The molecule has 1 aliphatic heterocycles. The second-order valence-electron chi connectivity index (χ2n) is 8.34. The number of halogens is 1. The molecule has 1 saturated heterocycles. The molecule has 2 aliphatic rings. The van der Waals surface area contributed by atoms with E-state index in [-0.39, 0.29) is 18.4 Å². The summed E-state index contributed by atoms with van der Waals surface area (Å²) in [5, 5.41) is 12.9. The van der Waals surface area contributed by atoms with Crippen molar-refractivity contribution in [1.29, 1.82) is 0 Å². The summed E-state index contributed by atoms with van der Waals surface area (Å²) in [4.78, 5) is 26.7. The third-order valence-corrected chi connectivity index (χ3v) is 6.60. The highest BCUT2D eigenvalue weighted by Gasteiger charge is 2.31. The number of piperazine rings is 1. The Hall–Kier alpha value is -2.22. The number of rotatable bonds is 7. The fraction of sp³-hybridized carbons (Fsp3) is 0.522. The number of aliphatic hydroxyl groups excluding tert-OH is 1. The highest BCUT2D eigenvalue weighted by atomic mass is 35.5. The van der Waals surface area contributed by atoms with E-state index in [0.717, 1.165) is 37.3 Å². The van der Waals surface area contributed by atoms with Gasteiger partial charge in [-0.1, -0.05) is 30.7 Å². The van der Waals surface area contributed by atoms with E-state index in [0.29, 0.717) is 37.1 Å². The van der Waals surface area contributed by atoms with Gasteiger partial charge in [0.15, 0.2) is 0 Å². The molecule has 1 aromatic carbocycles. The number of benzene rings is 1. The summed E-state index contributed by atoms with van der Waals surface area (Å²) in [6.45, 7) is 6.08. The van der Waals surface area contributed by atoms with Gasteiger partial charge in [0.2, 0.25) is 5.91 Å². The fourth-order valence-corrected chi connectivity index (χ4v) is 4.73. The molecule has 0 saturated carbocycles. The van der Waals surface area contributed by atoms with Crippen molar-refractivity contribution >= 4 is 23.3 Å². The minimum Gasteiger partial charge on any atom is -0.395 e. The lowest BCUT2D eigenvalue weighted by Gasteiger charge is -2.38. The quantitative estimate of drug-likeness (QED) is 0.638.